The number of alkyl halides is 2. The molecule has 5 unspecified atom stereocenters. The molecule has 0 aromatic heterocycles. The predicted octanol–water partition coefficient (Wildman–Crippen LogP) is 3.86. The molecule has 3 aliphatic carbocycles. The molecule has 0 aliphatic heterocycles. The molecule has 3 aliphatic rings. The molecule has 0 amide bonds. The van der Waals surface area contributed by atoms with E-state index in [0.29, 0.717) is 5.92 Å². The molecule has 0 saturated heterocycles. The summed E-state index contributed by atoms with van der Waals surface area (Å²) >= 11 is 12.1. The van der Waals surface area contributed by atoms with Crippen LogP contribution in [0.25, 0.3) is 0 Å². The van der Waals surface area contributed by atoms with Gasteiger partial charge in [0.2, 0.25) is 0 Å². The first-order valence-electron chi connectivity index (χ1n) is 5.55. The normalized spacial score (nSPS) is 53.3. The summed E-state index contributed by atoms with van der Waals surface area (Å²) < 4.78 is 0. The zero-order chi connectivity index (χ0) is 9.00. The van der Waals surface area contributed by atoms with Crippen LogP contribution in [0.4, 0.5) is 0 Å². The van der Waals surface area contributed by atoms with Crippen molar-refractivity contribution in [2.75, 3.05) is 0 Å². The summed E-state index contributed by atoms with van der Waals surface area (Å²) in [5, 5.41) is 0. The molecule has 74 valence electrons. The molecule has 0 radical (unpaired) electrons. The number of hydrogen-bond acceptors (Lipinski definition) is 0. The van der Waals surface area contributed by atoms with Gasteiger partial charge in [-0.15, -0.1) is 23.2 Å². The average Bonchev–Trinajstić information content (AvgIpc) is 2.76. The lowest BCUT2D eigenvalue weighted by Gasteiger charge is -2.29. The molecule has 13 heavy (non-hydrogen) atoms. The monoisotopic (exact) mass is 218 g/mol. The van der Waals surface area contributed by atoms with Crippen molar-refractivity contribution in [1.29, 1.82) is 0 Å². The van der Waals surface area contributed by atoms with E-state index in [1.54, 1.807) is 0 Å². The Morgan fingerprint density at radius 1 is 0.923 bits per heavy atom. The van der Waals surface area contributed by atoms with Crippen LogP contribution in [-0.4, -0.2) is 4.84 Å². The van der Waals surface area contributed by atoms with Crippen LogP contribution >= 0.6 is 23.2 Å². The van der Waals surface area contributed by atoms with Crippen LogP contribution in [0.2, 0.25) is 0 Å². The van der Waals surface area contributed by atoms with Crippen LogP contribution in [0.5, 0.6) is 0 Å². The Hall–Kier alpha value is 0.580. The fraction of sp³-hybridized carbons (Fsp3) is 1.00. The van der Waals surface area contributed by atoms with Crippen molar-refractivity contribution in [3.63, 3.8) is 0 Å². The summed E-state index contributed by atoms with van der Waals surface area (Å²) in [4.78, 5) is -0.102. The Kier molecular flexibility index (Phi) is 2.07. The van der Waals surface area contributed by atoms with Crippen LogP contribution in [-0.2, 0) is 0 Å². The Bertz CT molecular complexity index is 214. The summed E-state index contributed by atoms with van der Waals surface area (Å²) in [5.74, 6) is 4.57. The topological polar surface area (TPSA) is 0 Å². The summed E-state index contributed by atoms with van der Waals surface area (Å²) in [6.45, 7) is 0. The Morgan fingerprint density at radius 2 is 1.69 bits per heavy atom. The van der Waals surface area contributed by atoms with Crippen molar-refractivity contribution in [3.8, 4) is 0 Å². The third kappa shape index (κ3) is 1.18. The van der Waals surface area contributed by atoms with Gasteiger partial charge in [0.15, 0.2) is 0 Å². The van der Waals surface area contributed by atoms with Gasteiger partial charge in [0, 0.05) is 0 Å². The molecule has 0 heterocycles. The maximum atomic E-state index is 6.05. The molecule has 0 aromatic carbocycles. The quantitative estimate of drug-likeness (QED) is 0.587. The molecule has 0 spiro atoms. The maximum absolute atomic E-state index is 6.05. The molecular weight excluding hydrogens is 203 g/mol. The van der Waals surface area contributed by atoms with Gasteiger partial charge in [-0.05, 0) is 61.7 Å². The van der Waals surface area contributed by atoms with Gasteiger partial charge in [0.25, 0.3) is 0 Å². The minimum absolute atomic E-state index is 0.102. The second kappa shape index (κ2) is 3.03. The Morgan fingerprint density at radius 3 is 2.46 bits per heavy atom. The van der Waals surface area contributed by atoms with Crippen molar-refractivity contribution in [2.24, 2.45) is 29.6 Å². The van der Waals surface area contributed by atoms with E-state index in [9.17, 15) is 0 Å². The van der Waals surface area contributed by atoms with Crippen molar-refractivity contribution in [2.45, 2.75) is 36.9 Å². The first kappa shape index (κ1) is 8.85. The summed E-state index contributed by atoms with van der Waals surface area (Å²) in [6, 6.07) is 0. The van der Waals surface area contributed by atoms with Crippen LogP contribution in [0.15, 0.2) is 0 Å². The van der Waals surface area contributed by atoms with Gasteiger partial charge in [-0.2, -0.15) is 0 Å². The largest absolute Gasteiger partial charge is 0.110 e. The smallest absolute Gasteiger partial charge is 0.105 e. The lowest BCUT2D eigenvalue weighted by Crippen LogP contribution is -2.25. The van der Waals surface area contributed by atoms with Crippen LogP contribution in [0.3, 0.4) is 0 Å². The second-order valence-electron chi connectivity index (χ2n) is 5.15. The molecule has 3 saturated carbocycles. The summed E-state index contributed by atoms with van der Waals surface area (Å²) in [6.07, 6.45) is 7.15. The highest BCUT2D eigenvalue weighted by Gasteiger charge is 2.54. The van der Waals surface area contributed by atoms with Gasteiger partial charge < -0.3 is 0 Å². The van der Waals surface area contributed by atoms with Crippen LogP contribution in [0.1, 0.15) is 32.1 Å². The highest BCUT2D eigenvalue weighted by atomic mass is 35.5. The van der Waals surface area contributed by atoms with E-state index in [1.807, 2.05) is 0 Å². The third-order valence-corrected chi connectivity index (χ3v) is 5.46. The van der Waals surface area contributed by atoms with Crippen molar-refractivity contribution >= 4 is 23.2 Å². The van der Waals surface area contributed by atoms with Crippen LogP contribution < -0.4 is 0 Å². The van der Waals surface area contributed by atoms with E-state index >= 15 is 0 Å². The molecule has 0 nitrogen and oxygen atoms in total. The Balaban J connectivity index is 1.83. The molecular formula is C11H16Cl2. The first-order chi connectivity index (χ1) is 6.27. The highest BCUT2D eigenvalue weighted by molar-refractivity contribution is 6.44. The predicted molar refractivity (Wildman–Crippen MR) is 56.0 cm³/mol. The fourth-order valence-electron chi connectivity index (χ4n) is 4.42. The maximum Gasteiger partial charge on any atom is 0.110 e. The van der Waals surface area contributed by atoms with E-state index in [0.717, 1.165) is 23.7 Å². The van der Waals surface area contributed by atoms with E-state index in [1.165, 1.54) is 32.1 Å². The average molecular weight is 219 g/mol. The summed E-state index contributed by atoms with van der Waals surface area (Å²) in [7, 11) is 0. The molecule has 0 aromatic rings. The van der Waals surface area contributed by atoms with Gasteiger partial charge in [-0.25, -0.2) is 0 Å². The van der Waals surface area contributed by atoms with Gasteiger partial charge in [-0.3, -0.25) is 0 Å². The number of rotatable bonds is 1. The van der Waals surface area contributed by atoms with E-state index < -0.39 is 0 Å². The zero-order valence-corrected chi connectivity index (χ0v) is 9.27. The number of hydrogen-bond donors (Lipinski definition) is 0. The van der Waals surface area contributed by atoms with Crippen molar-refractivity contribution < 1.29 is 0 Å². The van der Waals surface area contributed by atoms with Gasteiger partial charge in [0.05, 0.1) is 0 Å². The second-order valence-corrected chi connectivity index (χ2v) is 6.31. The molecule has 2 bridgehead atoms. The number of halogens is 2. The van der Waals surface area contributed by atoms with E-state index in [4.69, 9.17) is 23.2 Å². The highest BCUT2D eigenvalue weighted by Crippen LogP contribution is 2.61. The SMILES string of the molecule is ClC(Cl)C1CCC2C3CCC(C3)C12. The lowest BCUT2D eigenvalue weighted by atomic mass is 9.78. The minimum atomic E-state index is -0.102. The summed E-state index contributed by atoms with van der Waals surface area (Å²) in [5.41, 5.74) is 0. The molecule has 0 N–H and O–H groups in total. The molecule has 3 fully saturated rings. The van der Waals surface area contributed by atoms with Gasteiger partial charge in [-0.1, -0.05) is 0 Å². The first-order valence-corrected chi connectivity index (χ1v) is 6.43. The zero-order valence-electron chi connectivity index (χ0n) is 7.76. The molecule has 5 atom stereocenters. The van der Waals surface area contributed by atoms with Gasteiger partial charge >= 0.3 is 0 Å². The number of fused-ring (bicyclic) bond motifs is 5. The third-order valence-electron chi connectivity index (χ3n) is 4.81. The van der Waals surface area contributed by atoms with Crippen molar-refractivity contribution in [1.82, 2.24) is 0 Å². The fourth-order valence-corrected chi connectivity index (χ4v) is 5.01. The van der Waals surface area contributed by atoms with Gasteiger partial charge in [0.1, 0.15) is 4.84 Å². The minimum Gasteiger partial charge on any atom is -0.105 e. The molecule has 2 heteroatoms. The van der Waals surface area contributed by atoms with E-state index in [-0.39, 0.29) is 4.84 Å². The van der Waals surface area contributed by atoms with E-state index in [2.05, 4.69) is 0 Å². The Labute approximate surface area is 90.0 Å². The van der Waals surface area contributed by atoms with Crippen LogP contribution in [0, 0.1) is 29.6 Å². The lowest BCUT2D eigenvalue weighted by molar-refractivity contribution is 0.218. The molecule has 3 rings (SSSR count). The van der Waals surface area contributed by atoms with Crippen molar-refractivity contribution in [3.05, 3.63) is 0 Å². The standard InChI is InChI=1S/C11H16Cl2/c12-11(13)9-4-3-8-6-1-2-7(5-6)10(8)9/h6-11H,1-5H2.